The molecule has 1 fully saturated rings. The number of carbonyl (C=O) groups excluding carboxylic acids is 2. The lowest BCUT2D eigenvalue weighted by molar-refractivity contribution is -0.114. The number of aliphatic hydroxyl groups is 4. The summed E-state index contributed by atoms with van der Waals surface area (Å²) in [6.45, 7) is 2.85. The van der Waals surface area contributed by atoms with Crippen molar-refractivity contribution in [3.05, 3.63) is 23.3 Å². The average molecular weight is 378 g/mol. The van der Waals surface area contributed by atoms with Gasteiger partial charge in [0, 0.05) is 6.54 Å². The molecule has 1 aromatic rings. The molecule has 27 heavy (non-hydrogen) atoms. The minimum Gasteiger partial charge on any atom is -0.394 e. The van der Waals surface area contributed by atoms with Crippen LogP contribution >= 0.6 is 0 Å². The van der Waals surface area contributed by atoms with Crippen LogP contribution in [0.4, 0.5) is 16.2 Å². The van der Waals surface area contributed by atoms with Crippen molar-refractivity contribution in [3.8, 4) is 0 Å². The van der Waals surface area contributed by atoms with E-state index in [-0.39, 0.29) is 12.3 Å². The minimum atomic E-state index is -1.61. The molecular formula is C17H22N4O6. The van der Waals surface area contributed by atoms with Gasteiger partial charge in [0.25, 0.3) is 5.91 Å². The van der Waals surface area contributed by atoms with Gasteiger partial charge in [-0.25, -0.2) is 9.79 Å². The van der Waals surface area contributed by atoms with Gasteiger partial charge < -0.3 is 30.6 Å². The third kappa shape index (κ3) is 3.52. The molecule has 0 aromatic heterocycles. The first kappa shape index (κ1) is 19.2. The molecule has 0 spiro atoms. The molecule has 10 nitrogen and oxygen atoms in total. The summed E-state index contributed by atoms with van der Waals surface area (Å²) in [7, 11) is 0. The maximum absolute atomic E-state index is 12.2. The van der Waals surface area contributed by atoms with Crippen LogP contribution in [-0.4, -0.2) is 75.7 Å². The molecule has 4 atom stereocenters. The number of hydrogen-bond donors (Lipinski definition) is 6. The Morgan fingerprint density at radius 3 is 2.48 bits per heavy atom. The normalized spacial score (nSPS) is 22.1. The molecule has 1 aromatic carbocycles. The summed E-state index contributed by atoms with van der Waals surface area (Å²) in [5.41, 5.74) is 2.99. The predicted octanol–water partition coefficient (Wildman–Crippen LogP) is -1.56. The second-order valence-electron chi connectivity index (χ2n) is 6.71. The van der Waals surface area contributed by atoms with Crippen LogP contribution in [0, 0.1) is 13.8 Å². The van der Waals surface area contributed by atoms with Crippen LogP contribution in [0.1, 0.15) is 11.1 Å². The molecule has 3 amide bonds. The van der Waals surface area contributed by atoms with Crippen molar-refractivity contribution in [3.63, 3.8) is 0 Å². The van der Waals surface area contributed by atoms with Crippen molar-refractivity contribution >= 4 is 29.0 Å². The molecule has 0 bridgehead atoms. The highest BCUT2D eigenvalue weighted by Gasteiger charge is 2.41. The number of urea groups is 1. The summed E-state index contributed by atoms with van der Waals surface area (Å²) in [6.07, 6.45) is -5.53. The number of nitrogens with one attached hydrogen (secondary N) is 2. The van der Waals surface area contributed by atoms with Crippen LogP contribution in [0.25, 0.3) is 0 Å². The zero-order valence-corrected chi connectivity index (χ0v) is 14.9. The van der Waals surface area contributed by atoms with E-state index in [4.69, 9.17) is 5.11 Å². The van der Waals surface area contributed by atoms with Crippen LogP contribution < -0.4 is 15.5 Å². The number of rotatable bonds is 5. The molecule has 0 radical (unpaired) electrons. The van der Waals surface area contributed by atoms with E-state index in [0.717, 1.165) is 11.1 Å². The maximum atomic E-state index is 12.2. The number of benzene rings is 1. The lowest BCUT2D eigenvalue weighted by Crippen LogP contribution is -2.67. The standard InChI is InChI=1S/C17H22N4O6/c1-7-3-9-10(4-8(7)2)21(5-11(23)14(25)12(24)6-22)15-13(18-9)16(26)20-17(27)19-15/h3-4,11-12,14-15,22-25H,5-6H2,1-2H3,(H2,19,20,26,27). The van der Waals surface area contributed by atoms with E-state index in [1.54, 1.807) is 11.0 Å². The Morgan fingerprint density at radius 2 is 1.81 bits per heavy atom. The Morgan fingerprint density at radius 1 is 1.15 bits per heavy atom. The number of hydrogen-bond acceptors (Lipinski definition) is 8. The summed E-state index contributed by atoms with van der Waals surface area (Å²) in [4.78, 5) is 29.9. The zero-order valence-electron chi connectivity index (χ0n) is 14.9. The zero-order chi connectivity index (χ0) is 19.9. The molecule has 2 heterocycles. The number of carbonyl (C=O) groups is 2. The quantitative estimate of drug-likeness (QED) is 0.362. The Bertz CT molecular complexity index is 811. The summed E-state index contributed by atoms with van der Waals surface area (Å²) in [5, 5.41) is 43.6. The van der Waals surface area contributed by atoms with E-state index in [1.807, 2.05) is 19.9 Å². The fourth-order valence-corrected chi connectivity index (χ4v) is 3.11. The number of aliphatic hydroxyl groups excluding tert-OH is 4. The smallest absolute Gasteiger partial charge is 0.323 e. The lowest BCUT2D eigenvalue weighted by Gasteiger charge is -2.41. The molecule has 0 aliphatic carbocycles. The molecule has 6 N–H and O–H groups in total. The maximum Gasteiger partial charge on any atom is 0.323 e. The SMILES string of the molecule is Cc1cc2c(cc1C)N(CC(O)C(O)C(O)CO)C1NC(=O)NC(=O)C1=N2. The minimum absolute atomic E-state index is 0.0507. The molecule has 1 saturated heterocycles. The van der Waals surface area contributed by atoms with E-state index in [1.165, 1.54) is 0 Å². The van der Waals surface area contributed by atoms with Crippen LogP contribution in [0.15, 0.2) is 17.1 Å². The number of aliphatic imine (C=N–C) groups is 1. The fraction of sp³-hybridized carbons (Fsp3) is 0.471. The van der Waals surface area contributed by atoms with Crippen LogP contribution in [-0.2, 0) is 4.79 Å². The monoisotopic (exact) mass is 378 g/mol. The second kappa shape index (κ2) is 7.24. The van der Waals surface area contributed by atoms with E-state index in [9.17, 15) is 24.9 Å². The van der Waals surface area contributed by atoms with Crippen molar-refractivity contribution in [2.75, 3.05) is 18.1 Å². The fourth-order valence-electron chi connectivity index (χ4n) is 3.11. The summed E-state index contributed by atoms with van der Waals surface area (Å²) in [5.74, 6) is -0.650. The van der Waals surface area contributed by atoms with Gasteiger partial charge in [-0.2, -0.15) is 0 Å². The van der Waals surface area contributed by atoms with E-state index >= 15 is 0 Å². The molecule has 4 unspecified atom stereocenters. The van der Waals surface area contributed by atoms with Crippen molar-refractivity contribution in [2.24, 2.45) is 4.99 Å². The Labute approximate surface area is 155 Å². The van der Waals surface area contributed by atoms with Crippen molar-refractivity contribution in [1.82, 2.24) is 10.6 Å². The number of β-amino-alcohol motifs (C(OH)–C–C–N with tert-alkyl or cyclic N) is 1. The van der Waals surface area contributed by atoms with Crippen molar-refractivity contribution in [1.29, 1.82) is 0 Å². The van der Waals surface area contributed by atoms with E-state index in [0.29, 0.717) is 11.4 Å². The highest BCUT2D eigenvalue weighted by atomic mass is 16.4. The third-order valence-corrected chi connectivity index (χ3v) is 4.80. The highest BCUT2D eigenvalue weighted by Crippen LogP contribution is 2.37. The summed E-state index contributed by atoms with van der Waals surface area (Å²) < 4.78 is 0. The first-order valence-electron chi connectivity index (χ1n) is 8.46. The molecule has 3 rings (SSSR count). The Kier molecular flexibility index (Phi) is 5.16. The number of anilines is 1. The third-order valence-electron chi connectivity index (χ3n) is 4.80. The molecule has 146 valence electrons. The average Bonchev–Trinajstić information content (AvgIpc) is 2.62. The van der Waals surface area contributed by atoms with Gasteiger partial charge in [0.2, 0.25) is 0 Å². The Balaban J connectivity index is 2.02. The predicted molar refractivity (Wildman–Crippen MR) is 95.9 cm³/mol. The van der Waals surface area contributed by atoms with Gasteiger partial charge >= 0.3 is 6.03 Å². The van der Waals surface area contributed by atoms with Crippen LogP contribution in [0.2, 0.25) is 0 Å². The van der Waals surface area contributed by atoms with Crippen molar-refractivity contribution < 1.29 is 30.0 Å². The summed E-state index contributed by atoms with van der Waals surface area (Å²) in [6, 6.07) is 2.90. The molecule has 2 aliphatic rings. The topological polar surface area (TPSA) is 155 Å². The number of amides is 3. The van der Waals surface area contributed by atoms with Gasteiger partial charge in [-0.15, -0.1) is 0 Å². The molecular weight excluding hydrogens is 356 g/mol. The van der Waals surface area contributed by atoms with Gasteiger partial charge in [-0.3, -0.25) is 10.1 Å². The second-order valence-corrected chi connectivity index (χ2v) is 6.71. The lowest BCUT2D eigenvalue weighted by atomic mass is 10.0. The molecule has 2 aliphatic heterocycles. The van der Waals surface area contributed by atoms with Crippen molar-refractivity contribution in [2.45, 2.75) is 38.3 Å². The van der Waals surface area contributed by atoms with Gasteiger partial charge in [0.05, 0.1) is 18.0 Å². The van der Waals surface area contributed by atoms with Gasteiger partial charge in [0.1, 0.15) is 24.0 Å². The Hall–Kier alpha value is -2.53. The van der Waals surface area contributed by atoms with Gasteiger partial charge in [0.15, 0.2) is 6.17 Å². The largest absolute Gasteiger partial charge is 0.394 e. The first-order chi connectivity index (χ1) is 12.7. The number of nitrogens with zero attached hydrogens (tertiary/aromatic N) is 2. The number of fused-ring (bicyclic) bond motifs is 2. The van der Waals surface area contributed by atoms with Gasteiger partial charge in [-0.05, 0) is 37.1 Å². The number of imide groups is 1. The van der Waals surface area contributed by atoms with E-state index < -0.39 is 43.0 Å². The molecule has 0 saturated carbocycles. The van der Waals surface area contributed by atoms with Gasteiger partial charge in [-0.1, -0.05) is 0 Å². The molecule has 10 heteroatoms. The first-order valence-corrected chi connectivity index (χ1v) is 8.46. The van der Waals surface area contributed by atoms with Crippen LogP contribution in [0.3, 0.4) is 0 Å². The summed E-state index contributed by atoms with van der Waals surface area (Å²) >= 11 is 0. The number of aryl methyl sites for hydroxylation is 2. The van der Waals surface area contributed by atoms with E-state index in [2.05, 4.69) is 15.6 Å². The van der Waals surface area contributed by atoms with Crippen LogP contribution in [0.5, 0.6) is 0 Å². The highest BCUT2D eigenvalue weighted by molar-refractivity contribution is 6.46.